The molecule has 4 heteroatoms. The highest BCUT2D eigenvalue weighted by Gasteiger charge is 2.71. The fourth-order valence-electron chi connectivity index (χ4n) is 12.2. The average molecular weight is 527 g/mol. The molecule has 4 nitrogen and oxygen atoms in total. The van der Waals surface area contributed by atoms with E-state index in [1.165, 1.54) is 56.9 Å². The van der Waals surface area contributed by atoms with Crippen molar-refractivity contribution in [1.82, 2.24) is 0 Å². The van der Waals surface area contributed by atoms with Gasteiger partial charge < -0.3 is 9.47 Å². The zero-order valence-electron chi connectivity index (χ0n) is 25.6. The minimum absolute atomic E-state index is 0.00000109. The third-order valence-corrected chi connectivity index (χ3v) is 14.0. The number of fused-ring (bicyclic) bond motifs is 7. The summed E-state index contributed by atoms with van der Waals surface area (Å²) in [6.45, 7) is 23.1. The van der Waals surface area contributed by atoms with Gasteiger partial charge in [0.1, 0.15) is 6.10 Å². The minimum atomic E-state index is -0.140. The molecule has 0 aromatic rings. The van der Waals surface area contributed by atoms with E-state index in [2.05, 4.69) is 48.1 Å². The van der Waals surface area contributed by atoms with Crippen molar-refractivity contribution in [3.63, 3.8) is 0 Å². The van der Waals surface area contributed by atoms with E-state index < -0.39 is 0 Å². The molecule has 38 heavy (non-hydrogen) atoms. The molecule has 0 bridgehead atoms. The summed E-state index contributed by atoms with van der Waals surface area (Å²) in [4.78, 5) is 23.8. The Balaban J connectivity index is 1.49. The second-order valence-electron chi connectivity index (χ2n) is 15.8. The van der Waals surface area contributed by atoms with Gasteiger partial charge in [0.05, 0.1) is 6.61 Å². The van der Waals surface area contributed by atoms with Gasteiger partial charge in [0.15, 0.2) is 0 Å². The molecule has 5 fully saturated rings. The van der Waals surface area contributed by atoms with Gasteiger partial charge in [-0.2, -0.15) is 0 Å². The van der Waals surface area contributed by atoms with Crippen LogP contribution in [-0.2, 0) is 19.1 Å². The normalized spacial score (nSPS) is 49.1. The van der Waals surface area contributed by atoms with Crippen LogP contribution in [0.5, 0.6) is 0 Å². The van der Waals surface area contributed by atoms with Crippen molar-refractivity contribution in [2.24, 2.45) is 56.7 Å². The first kappa shape index (κ1) is 28.2. The topological polar surface area (TPSA) is 52.6 Å². The molecule has 0 amide bonds. The van der Waals surface area contributed by atoms with Crippen LogP contribution >= 0.6 is 0 Å². The molecule has 0 radical (unpaired) electrons. The summed E-state index contributed by atoms with van der Waals surface area (Å²) in [5.74, 6) is 2.76. The van der Waals surface area contributed by atoms with Gasteiger partial charge in [-0.3, -0.25) is 9.59 Å². The fourth-order valence-corrected chi connectivity index (χ4v) is 12.2. The number of hydrogen-bond acceptors (Lipinski definition) is 4. The highest BCUT2D eigenvalue weighted by molar-refractivity contribution is 5.66. The Morgan fingerprint density at radius 3 is 2.11 bits per heavy atom. The second kappa shape index (κ2) is 9.10. The molecule has 0 saturated heterocycles. The Bertz CT molecular complexity index is 998. The Kier molecular flexibility index (Phi) is 6.76. The van der Waals surface area contributed by atoms with Crippen LogP contribution in [0, 0.1) is 56.7 Å². The van der Waals surface area contributed by atoms with Gasteiger partial charge in [0, 0.05) is 24.7 Å². The number of hydrogen-bond donors (Lipinski definition) is 0. The molecule has 0 spiro atoms. The zero-order chi connectivity index (χ0) is 27.9. The van der Waals surface area contributed by atoms with E-state index in [0.29, 0.717) is 41.6 Å². The van der Waals surface area contributed by atoms with E-state index in [4.69, 9.17) is 9.47 Å². The molecule has 5 saturated carbocycles. The van der Waals surface area contributed by atoms with Crippen molar-refractivity contribution in [2.45, 2.75) is 126 Å². The van der Waals surface area contributed by atoms with Gasteiger partial charge >= 0.3 is 11.9 Å². The maximum atomic E-state index is 11.9. The third-order valence-electron chi connectivity index (χ3n) is 14.0. The molecule has 10 atom stereocenters. The van der Waals surface area contributed by atoms with Gasteiger partial charge in [-0.05, 0) is 117 Å². The van der Waals surface area contributed by atoms with Crippen LogP contribution in [-0.4, -0.2) is 24.6 Å². The fraction of sp³-hybridized carbons (Fsp3) is 0.882. The lowest BCUT2D eigenvalue weighted by atomic mass is 9.32. The number of ether oxygens (including phenoxy) is 2. The lowest BCUT2D eigenvalue weighted by molar-refractivity contribution is -0.252. The Labute approximate surface area is 232 Å². The van der Waals surface area contributed by atoms with Crippen LogP contribution in [0.2, 0.25) is 0 Å². The lowest BCUT2D eigenvalue weighted by Crippen LogP contribution is -2.67. The lowest BCUT2D eigenvalue weighted by Gasteiger charge is -2.73. The van der Waals surface area contributed by atoms with Gasteiger partial charge in [-0.15, -0.1) is 0 Å². The SMILES string of the molecule is C=C(C)[C@@H]1CCC2(COC(C)=O)CC[C@]3(C)C(CCC4[C@@]5(C)CC[C@H](OC(C)=O)C(C)(C)C5CC[C@]43C)C12. The average Bonchev–Trinajstić information content (AvgIpc) is 3.20. The van der Waals surface area contributed by atoms with Crippen molar-refractivity contribution in [1.29, 1.82) is 0 Å². The largest absolute Gasteiger partial charge is 0.465 e. The molecule has 5 aliphatic rings. The molecule has 5 aliphatic carbocycles. The quantitative estimate of drug-likeness (QED) is 0.274. The van der Waals surface area contributed by atoms with E-state index in [1.54, 1.807) is 13.8 Å². The third kappa shape index (κ3) is 3.80. The van der Waals surface area contributed by atoms with Gasteiger partial charge in [-0.25, -0.2) is 0 Å². The maximum absolute atomic E-state index is 11.9. The number of carbonyl (C=O) groups excluding carboxylic acids is 2. The first-order chi connectivity index (χ1) is 17.6. The van der Waals surface area contributed by atoms with E-state index in [-0.39, 0.29) is 39.7 Å². The predicted octanol–water partition coefficient (Wildman–Crippen LogP) is 8.14. The monoisotopic (exact) mass is 526 g/mol. The van der Waals surface area contributed by atoms with Crippen LogP contribution in [0.3, 0.4) is 0 Å². The van der Waals surface area contributed by atoms with Crippen LogP contribution in [0.25, 0.3) is 0 Å². The molecule has 214 valence electrons. The Hall–Kier alpha value is -1.32. The molecule has 5 rings (SSSR count). The zero-order valence-corrected chi connectivity index (χ0v) is 25.6. The smallest absolute Gasteiger partial charge is 0.302 e. The van der Waals surface area contributed by atoms with Gasteiger partial charge in [0.25, 0.3) is 0 Å². The molecular formula is C34H54O4. The summed E-state index contributed by atoms with van der Waals surface area (Å²) in [5, 5.41) is 0. The van der Waals surface area contributed by atoms with Crippen molar-refractivity contribution < 1.29 is 19.1 Å². The molecule has 0 aromatic carbocycles. The van der Waals surface area contributed by atoms with Crippen LogP contribution in [0.1, 0.15) is 120 Å². The van der Waals surface area contributed by atoms with Crippen molar-refractivity contribution in [3.05, 3.63) is 12.2 Å². The molecule has 0 N–H and O–H groups in total. The Morgan fingerprint density at radius 1 is 0.763 bits per heavy atom. The number of allylic oxidation sites excluding steroid dienone is 1. The molecule has 0 aromatic heterocycles. The van der Waals surface area contributed by atoms with Crippen LogP contribution < -0.4 is 0 Å². The first-order valence-corrected chi connectivity index (χ1v) is 15.6. The van der Waals surface area contributed by atoms with E-state index in [0.717, 1.165) is 12.8 Å². The molecule has 5 unspecified atom stereocenters. The van der Waals surface area contributed by atoms with Crippen molar-refractivity contribution >= 4 is 11.9 Å². The van der Waals surface area contributed by atoms with Crippen molar-refractivity contribution in [2.75, 3.05) is 6.61 Å². The summed E-state index contributed by atoms with van der Waals surface area (Å²) in [7, 11) is 0. The van der Waals surface area contributed by atoms with Gasteiger partial charge in [-0.1, -0.05) is 46.8 Å². The summed E-state index contributed by atoms with van der Waals surface area (Å²) < 4.78 is 11.7. The highest BCUT2D eigenvalue weighted by Crippen LogP contribution is 2.77. The molecular weight excluding hydrogens is 472 g/mol. The Morgan fingerprint density at radius 2 is 1.47 bits per heavy atom. The molecule has 0 aliphatic heterocycles. The summed E-state index contributed by atoms with van der Waals surface area (Å²) >= 11 is 0. The number of esters is 2. The van der Waals surface area contributed by atoms with Crippen LogP contribution in [0.15, 0.2) is 12.2 Å². The van der Waals surface area contributed by atoms with Crippen molar-refractivity contribution in [3.8, 4) is 0 Å². The standard InChI is InChI=1S/C34H54O4/c1-21(2)24-12-17-34(20-37-22(3)35)19-18-32(8)25(29(24)34)10-11-27-31(7)15-14-28(38-23(4)36)30(5,6)26(31)13-16-33(27,32)9/h24-29H,1,10-20H2,2-9H3/t24-,25?,26?,27?,28-,29?,31-,32+,33+,34?/m0/s1. The second-order valence-corrected chi connectivity index (χ2v) is 15.8. The van der Waals surface area contributed by atoms with E-state index in [1.807, 2.05) is 0 Å². The first-order valence-electron chi connectivity index (χ1n) is 15.6. The summed E-state index contributed by atoms with van der Waals surface area (Å²) in [6.07, 6.45) is 12.0. The predicted molar refractivity (Wildman–Crippen MR) is 151 cm³/mol. The van der Waals surface area contributed by atoms with E-state index >= 15 is 0 Å². The molecule has 0 heterocycles. The minimum Gasteiger partial charge on any atom is -0.465 e. The van der Waals surface area contributed by atoms with Gasteiger partial charge in [0.2, 0.25) is 0 Å². The number of rotatable bonds is 4. The summed E-state index contributed by atoms with van der Waals surface area (Å²) in [6, 6.07) is 0. The highest BCUT2D eigenvalue weighted by atomic mass is 16.5. The van der Waals surface area contributed by atoms with E-state index in [9.17, 15) is 9.59 Å². The van der Waals surface area contributed by atoms with Crippen LogP contribution in [0.4, 0.5) is 0 Å². The summed E-state index contributed by atoms with van der Waals surface area (Å²) in [5.41, 5.74) is 2.30. The maximum Gasteiger partial charge on any atom is 0.302 e. The number of carbonyl (C=O) groups is 2.